The number of hydrogen-bond donors (Lipinski definition) is 1. The van der Waals surface area contributed by atoms with E-state index in [4.69, 9.17) is 4.52 Å². The molecule has 14 heavy (non-hydrogen) atoms. The minimum Gasteiger partial charge on any atom is -0.332 e. The molecule has 0 aliphatic carbocycles. The standard InChI is InChI=1S/C8H10N4OS/c1-5-10-8(13-12-5)9-3-7-4-14-6(2)11-7/h4H,3H2,1-2H3,(H,9,10,12). The van der Waals surface area contributed by atoms with Crippen LogP contribution in [0, 0.1) is 13.8 Å². The van der Waals surface area contributed by atoms with Gasteiger partial charge in [0.2, 0.25) is 0 Å². The third-order valence-electron chi connectivity index (χ3n) is 1.61. The molecule has 0 amide bonds. The molecule has 0 bridgehead atoms. The van der Waals surface area contributed by atoms with Gasteiger partial charge in [-0.15, -0.1) is 11.3 Å². The van der Waals surface area contributed by atoms with E-state index < -0.39 is 0 Å². The summed E-state index contributed by atoms with van der Waals surface area (Å²) in [6.07, 6.45) is 0. The molecule has 2 aromatic heterocycles. The van der Waals surface area contributed by atoms with Crippen molar-refractivity contribution in [1.82, 2.24) is 15.1 Å². The van der Waals surface area contributed by atoms with E-state index in [1.165, 1.54) is 0 Å². The van der Waals surface area contributed by atoms with E-state index in [0.29, 0.717) is 18.4 Å². The normalized spacial score (nSPS) is 10.4. The van der Waals surface area contributed by atoms with Crippen LogP contribution in [0.1, 0.15) is 16.5 Å². The van der Waals surface area contributed by atoms with Crippen LogP contribution >= 0.6 is 11.3 Å². The van der Waals surface area contributed by atoms with Crippen molar-refractivity contribution < 1.29 is 4.52 Å². The lowest BCUT2D eigenvalue weighted by atomic mass is 10.5. The zero-order valence-electron chi connectivity index (χ0n) is 7.94. The van der Waals surface area contributed by atoms with Gasteiger partial charge in [0.1, 0.15) is 0 Å². The molecule has 5 nitrogen and oxygen atoms in total. The molecule has 0 fully saturated rings. The quantitative estimate of drug-likeness (QED) is 0.836. The number of thiazole rings is 1. The molecule has 0 unspecified atom stereocenters. The van der Waals surface area contributed by atoms with Crippen LogP contribution in [0.4, 0.5) is 6.01 Å². The maximum atomic E-state index is 4.90. The van der Waals surface area contributed by atoms with E-state index >= 15 is 0 Å². The molecule has 0 atom stereocenters. The third-order valence-corrected chi connectivity index (χ3v) is 2.44. The highest BCUT2D eigenvalue weighted by atomic mass is 32.1. The van der Waals surface area contributed by atoms with Gasteiger partial charge in [0, 0.05) is 5.38 Å². The lowest BCUT2D eigenvalue weighted by molar-refractivity contribution is 0.425. The first-order valence-corrected chi connectivity index (χ1v) is 5.07. The first kappa shape index (κ1) is 9.14. The number of aryl methyl sites for hydroxylation is 2. The van der Waals surface area contributed by atoms with Crippen molar-refractivity contribution in [3.63, 3.8) is 0 Å². The van der Waals surface area contributed by atoms with Crippen molar-refractivity contribution in [3.05, 3.63) is 21.9 Å². The Kier molecular flexibility index (Phi) is 2.45. The lowest BCUT2D eigenvalue weighted by Crippen LogP contribution is -1.99. The van der Waals surface area contributed by atoms with Crippen LogP contribution in [0.5, 0.6) is 0 Å². The Morgan fingerprint density at radius 2 is 2.29 bits per heavy atom. The van der Waals surface area contributed by atoms with Gasteiger partial charge in [0.15, 0.2) is 5.82 Å². The summed E-state index contributed by atoms with van der Waals surface area (Å²) in [7, 11) is 0. The van der Waals surface area contributed by atoms with E-state index in [0.717, 1.165) is 10.7 Å². The molecule has 0 spiro atoms. The molecular weight excluding hydrogens is 200 g/mol. The van der Waals surface area contributed by atoms with Crippen molar-refractivity contribution >= 4 is 17.4 Å². The SMILES string of the molecule is Cc1noc(NCc2csc(C)n2)n1. The van der Waals surface area contributed by atoms with E-state index in [1.807, 2.05) is 12.3 Å². The van der Waals surface area contributed by atoms with Crippen molar-refractivity contribution in [2.24, 2.45) is 0 Å². The van der Waals surface area contributed by atoms with Gasteiger partial charge in [-0.05, 0) is 13.8 Å². The van der Waals surface area contributed by atoms with Crippen molar-refractivity contribution in [3.8, 4) is 0 Å². The Labute approximate surface area is 85.2 Å². The van der Waals surface area contributed by atoms with Crippen LogP contribution in [-0.2, 0) is 6.54 Å². The van der Waals surface area contributed by atoms with Gasteiger partial charge in [-0.25, -0.2) is 4.98 Å². The molecule has 0 aliphatic heterocycles. The third kappa shape index (κ3) is 2.08. The molecule has 74 valence electrons. The zero-order valence-corrected chi connectivity index (χ0v) is 8.76. The second-order valence-electron chi connectivity index (χ2n) is 2.86. The average molecular weight is 210 g/mol. The molecule has 2 heterocycles. The van der Waals surface area contributed by atoms with Gasteiger partial charge in [-0.1, -0.05) is 5.16 Å². The fourth-order valence-corrected chi connectivity index (χ4v) is 1.64. The smallest absolute Gasteiger partial charge is 0.321 e. The molecule has 6 heteroatoms. The fourth-order valence-electron chi connectivity index (χ4n) is 1.02. The fraction of sp³-hybridized carbons (Fsp3) is 0.375. The molecule has 0 aliphatic rings. The zero-order chi connectivity index (χ0) is 9.97. The summed E-state index contributed by atoms with van der Waals surface area (Å²) in [6, 6.07) is 0.438. The second kappa shape index (κ2) is 3.75. The van der Waals surface area contributed by atoms with Crippen molar-refractivity contribution in [2.75, 3.05) is 5.32 Å². The van der Waals surface area contributed by atoms with Gasteiger partial charge in [0.05, 0.1) is 17.2 Å². The monoisotopic (exact) mass is 210 g/mol. The summed E-state index contributed by atoms with van der Waals surface area (Å²) >= 11 is 1.63. The van der Waals surface area contributed by atoms with Crippen LogP contribution in [0.2, 0.25) is 0 Å². The van der Waals surface area contributed by atoms with Crippen LogP contribution < -0.4 is 5.32 Å². The molecule has 0 radical (unpaired) electrons. The summed E-state index contributed by atoms with van der Waals surface area (Å²) < 4.78 is 4.90. The minimum atomic E-state index is 0.438. The van der Waals surface area contributed by atoms with Crippen LogP contribution in [-0.4, -0.2) is 15.1 Å². The topological polar surface area (TPSA) is 63.8 Å². The first-order valence-electron chi connectivity index (χ1n) is 4.19. The summed E-state index contributed by atoms with van der Waals surface area (Å²) in [5.41, 5.74) is 0.989. The van der Waals surface area contributed by atoms with Gasteiger partial charge in [-0.3, -0.25) is 0 Å². The molecule has 0 saturated heterocycles. The maximum absolute atomic E-state index is 4.90. The number of rotatable bonds is 3. The Bertz CT molecular complexity index is 382. The Balaban J connectivity index is 1.94. The van der Waals surface area contributed by atoms with E-state index in [2.05, 4.69) is 20.4 Å². The molecule has 0 aromatic carbocycles. The molecular formula is C8H10N4OS. The largest absolute Gasteiger partial charge is 0.332 e. The second-order valence-corrected chi connectivity index (χ2v) is 3.92. The number of nitrogens with one attached hydrogen (secondary N) is 1. The number of nitrogens with zero attached hydrogens (tertiary/aromatic N) is 3. The lowest BCUT2D eigenvalue weighted by Gasteiger charge is -1.95. The van der Waals surface area contributed by atoms with E-state index in [1.54, 1.807) is 18.3 Å². The highest BCUT2D eigenvalue weighted by Gasteiger charge is 2.02. The predicted octanol–water partition coefficient (Wildman–Crippen LogP) is 1.76. The minimum absolute atomic E-state index is 0.438. The molecule has 1 N–H and O–H groups in total. The summed E-state index contributed by atoms with van der Waals surface area (Å²) in [4.78, 5) is 8.32. The summed E-state index contributed by atoms with van der Waals surface area (Å²) in [6.45, 7) is 4.37. The number of anilines is 1. The molecule has 2 aromatic rings. The van der Waals surface area contributed by atoms with Crippen LogP contribution in [0.3, 0.4) is 0 Å². The van der Waals surface area contributed by atoms with Gasteiger partial charge in [0.25, 0.3) is 0 Å². The first-order chi connectivity index (χ1) is 6.74. The Morgan fingerprint density at radius 1 is 1.43 bits per heavy atom. The predicted molar refractivity (Wildman–Crippen MR) is 53.2 cm³/mol. The summed E-state index contributed by atoms with van der Waals surface area (Å²) in [5, 5.41) is 9.73. The number of hydrogen-bond acceptors (Lipinski definition) is 6. The van der Waals surface area contributed by atoms with E-state index in [9.17, 15) is 0 Å². The van der Waals surface area contributed by atoms with Crippen molar-refractivity contribution in [2.45, 2.75) is 20.4 Å². The van der Waals surface area contributed by atoms with Crippen LogP contribution in [0.25, 0.3) is 0 Å². The molecule has 2 rings (SSSR count). The molecule has 0 saturated carbocycles. The van der Waals surface area contributed by atoms with Gasteiger partial charge < -0.3 is 9.84 Å². The van der Waals surface area contributed by atoms with Gasteiger partial charge >= 0.3 is 6.01 Å². The summed E-state index contributed by atoms with van der Waals surface area (Å²) in [5.74, 6) is 0.627. The highest BCUT2D eigenvalue weighted by molar-refractivity contribution is 7.09. The maximum Gasteiger partial charge on any atom is 0.321 e. The van der Waals surface area contributed by atoms with E-state index in [-0.39, 0.29) is 0 Å². The highest BCUT2D eigenvalue weighted by Crippen LogP contribution is 2.10. The van der Waals surface area contributed by atoms with Crippen molar-refractivity contribution in [1.29, 1.82) is 0 Å². The number of aromatic nitrogens is 3. The average Bonchev–Trinajstić information content (AvgIpc) is 2.72. The Hall–Kier alpha value is -1.43. The van der Waals surface area contributed by atoms with Gasteiger partial charge in [-0.2, -0.15) is 4.98 Å². The Morgan fingerprint density at radius 3 is 2.86 bits per heavy atom. The van der Waals surface area contributed by atoms with Crippen LogP contribution in [0.15, 0.2) is 9.90 Å².